The summed E-state index contributed by atoms with van der Waals surface area (Å²) in [4.78, 5) is 2.42. The molecule has 1 aliphatic heterocycles. The van der Waals surface area contributed by atoms with Crippen LogP contribution in [-0.4, -0.2) is 37.7 Å². The van der Waals surface area contributed by atoms with Gasteiger partial charge in [-0.1, -0.05) is 50.6 Å². The zero-order chi connectivity index (χ0) is 15.1. The van der Waals surface area contributed by atoms with Gasteiger partial charge in [-0.25, -0.2) is 0 Å². The maximum atomic E-state index is 9.97. The molecule has 0 aliphatic carbocycles. The van der Waals surface area contributed by atoms with E-state index in [0.717, 1.165) is 51.3 Å². The Hall–Kier alpha value is -1.37. The molecule has 2 rings (SSSR count). The van der Waals surface area contributed by atoms with Gasteiger partial charge in [0.25, 0.3) is 0 Å². The quantitative estimate of drug-likeness (QED) is 0.805. The van der Waals surface area contributed by atoms with E-state index >= 15 is 0 Å². The number of nitrogens with zero attached hydrogens (tertiary/aromatic N) is 2. The average molecular weight is 286 g/mol. The zero-order valence-electron chi connectivity index (χ0n) is 13.2. The first-order valence-electron chi connectivity index (χ1n) is 8.00. The molecule has 3 nitrogen and oxygen atoms in total. The molecule has 0 radical (unpaired) electrons. The fourth-order valence-corrected chi connectivity index (χ4v) is 3.15. The van der Waals surface area contributed by atoms with Gasteiger partial charge in [0.05, 0.1) is 24.7 Å². The molecule has 0 aromatic heterocycles. The molecule has 1 aromatic carbocycles. The molecule has 1 saturated heterocycles. The Kier molecular flexibility index (Phi) is 5.78. The lowest BCUT2D eigenvalue weighted by atomic mass is 9.68. The second kappa shape index (κ2) is 7.59. The normalized spacial score (nSPS) is 20.4. The van der Waals surface area contributed by atoms with Gasteiger partial charge in [0.2, 0.25) is 0 Å². The number of benzene rings is 1. The van der Waals surface area contributed by atoms with Crippen molar-refractivity contribution in [1.82, 2.24) is 4.90 Å². The Balaban J connectivity index is 2.17. The summed E-state index contributed by atoms with van der Waals surface area (Å²) in [5.41, 5.74) is 0.781. The van der Waals surface area contributed by atoms with Gasteiger partial charge in [-0.3, -0.25) is 4.90 Å². The number of nitriles is 1. The van der Waals surface area contributed by atoms with E-state index < -0.39 is 0 Å². The third-order valence-electron chi connectivity index (χ3n) is 4.87. The molecule has 1 heterocycles. The first kappa shape index (κ1) is 16.0. The molecule has 0 amide bonds. The van der Waals surface area contributed by atoms with Crippen LogP contribution in [0.25, 0.3) is 0 Å². The Bertz CT molecular complexity index is 462. The minimum atomic E-state index is -0.381. The van der Waals surface area contributed by atoms with E-state index in [1.54, 1.807) is 0 Å². The van der Waals surface area contributed by atoms with Gasteiger partial charge in [0.1, 0.15) is 0 Å². The second-order valence-corrected chi connectivity index (χ2v) is 5.96. The van der Waals surface area contributed by atoms with Crippen molar-refractivity contribution < 1.29 is 4.74 Å². The van der Waals surface area contributed by atoms with E-state index in [1.807, 2.05) is 18.2 Å². The Morgan fingerprint density at radius 1 is 1.29 bits per heavy atom. The molecular formula is C18H26N2O. The summed E-state index contributed by atoms with van der Waals surface area (Å²) < 4.78 is 5.40. The Morgan fingerprint density at radius 2 is 1.95 bits per heavy atom. The van der Waals surface area contributed by atoms with Crippen molar-refractivity contribution in [1.29, 1.82) is 5.26 Å². The van der Waals surface area contributed by atoms with E-state index in [1.165, 1.54) is 0 Å². The van der Waals surface area contributed by atoms with Crippen LogP contribution < -0.4 is 0 Å². The first-order chi connectivity index (χ1) is 10.2. The molecule has 1 aliphatic rings. The summed E-state index contributed by atoms with van der Waals surface area (Å²) in [6, 6.07) is 13.0. The summed E-state index contributed by atoms with van der Waals surface area (Å²) in [6.07, 6.45) is 1.91. The van der Waals surface area contributed by atoms with Crippen LogP contribution in [0.4, 0.5) is 0 Å². The zero-order valence-corrected chi connectivity index (χ0v) is 13.2. The van der Waals surface area contributed by atoms with Crippen molar-refractivity contribution in [2.45, 2.75) is 32.1 Å². The van der Waals surface area contributed by atoms with Crippen molar-refractivity contribution in [2.24, 2.45) is 5.92 Å². The minimum Gasteiger partial charge on any atom is -0.379 e. The fraction of sp³-hybridized carbons (Fsp3) is 0.611. The Morgan fingerprint density at radius 3 is 2.52 bits per heavy atom. The van der Waals surface area contributed by atoms with Crippen LogP contribution in [0, 0.1) is 17.2 Å². The average Bonchev–Trinajstić information content (AvgIpc) is 2.57. The van der Waals surface area contributed by atoms with E-state index in [9.17, 15) is 5.26 Å². The highest BCUT2D eigenvalue weighted by molar-refractivity contribution is 5.33. The van der Waals surface area contributed by atoms with Gasteiger partial charge >= 0.3 is 0 Å². The van der Waals surface area contributed by atoms with Crippen molar-refractivity contribution in [3.8, 4) is 6.07 Å². The topological polar surface area (TPSA) is 36.3 Å². The third kappa shape index (κ3) is 3.64. The first-order valence-corrected chi connectivity index (χ1v) is 8.00. The van der Waals surface area contributed by atoms with Crippen LogP contribution >= 0.6 is 0 Å². The van der Waals surface area contributed by atoms with Gasteiger partial charge in [0, 0.05) is 19.6 Å². The molecule has 0 spiro atoms. The molecule has 21 heavy (non-hydrogen) atoms. The van der Waals surface area contributed by atoms with Crippen LogP contribution in [0.15, 0.2) is 30.3 Å². The van der Waals surface area contributed by atoms with E-state index in [-0.39, 0.29) is 5.41 Å². The molecule has 2 atom stereocenters. The van der Waals surface area contributed by atoms with Crippen molar-refractivity contribution in [3.63, 3.8) is 0 Å². The predicted molar refractivity (Wildman–Crippen MR) is 85.1 cm³/mol. The number of hydrogen-bond donors (Lipinski definition) is 0. The summed E-state index contributed by atoms with van der Waals surface area (Å²) in [7, 11) is 0. The predicted octanol–water partition coefficient (Wildman–Crippen LogP) is 3.22. The van der Waals surface area contributed by atoms with Crippen molar-refractivity contribution in [2.75, 3.05) is 32.8 Å². The van der Waals surface area contributed by atoms with Crippen molar-refractivity contribution >= 4 is 0 Å². The molecule has 0 saturated carbocycles. The standard InChI is InChI=1S/C18H26N2O/c1-3-16(2)18(15-19,17-7-5-4-6-8-17)9-10-20-11-13-21-14-12-20/h4-8,16H,3,9-14H2,1-2H3/t16-,18-/m0/s1. The maximum absolute atomic E-state index is 9.97. The van der Waals surface area contributed by atoms with Crippen LogP contribution in [-0.2, 0) is 10.2 Å². The number of hydrogen-bond acceptors (Lipinski definition) is 3. The fourth-order valence-electron chi connectivity index (χ4n) is 3.15. The van der Waals surface area contributed by atoms with Gasteiger partial charge in [-0.2, -0.15) is 5.26 Å². The van der Waals surface area contributed by atoms with Gasteiger partial charge in [-0.05, 0) is 17.9 Å². The molecule has 1 fully saturated rings. The highest BCUT2D eigenvalue weighted by atomic mass is 16.5. The minimum absolute atomic E-state index is 0.353. The molecular weight excluding hydrogens is 260 g/mol. The highest BCUT2D eigenvalue weighted by Crippen LogP contribution is 2.37. The smallest absolute Gasteiger partial charge is 0.0859 e. The SMILES string of the molecule is CC[C@H](C)[C@@](C#N)(CCN1CCOCC1)c1ccccc1. The molecule has 114 valence electrons. The van der Waals surface area contributed by atoms with Crippen molar-refractivity contribution in [3.05, 3.63) is 35.9 Å². The van der Waals surface area contributed by atoms with Crippen LogP contribution in [0.1, 0.15) is 32.3 Å². The highest BCUT2D eigenvalue weighted by Gasteiger charge is 2.37. The lowest BCUT2D eigenvalue weighted by Crippen LogP contribution is -2.41. The third-order valence-corrected chi connectivity index (χ3v) is 4.87. The molecule has 0 bridgehead atoms. The van der Waals surface area contributed by atoms with Crippen LogP contribution in [0.5, 0.6) is 0 Å². The second-order valence-electron chi connectivity index (χ2n) is 5.96. The van der Waals surface area contributed by atoms with E-state index in [2.05, 4.69) is 36.9 Å². The largest absolute Gasteiger partial charge is 0.379 e. The molecule has 1 aromatic rings. The monoisotopic (exact) mass is 286 g/mol. The number of ether oxygens (including phenoxy) is 1. The number of rotatable bonds is 6. The van der Waals surface area contributed by atoms with E-state index in [4.69, 9.17) is 4.74 Å². The molecule has 3 heteroatoms. The van der Waals surface area contributed by atoms with Gasteiger partial charge in [0.15, 0.2) is 0 Å². The molecule has 0 N–H and O–H groups in total. The van der Waals surface area contributed by atoms with E-state index in [0.29, 0.717) is 5.92 Å². The van der Waals surface area contributed by atoms with Gasteiger partial charge < -0.3 is 4.74 Å². The maximum Gasteiger partial charge on any atom is 0.0859 e. The molecule has 0 unspecified atom stereocenters. The van der Waals surface area contributed by atoms with Crippen LogP contribution in [0.3, 0.4) is 0 Å². The lowest BCUT2D eigenvalue weighted by Gasteiger charge is -2.36. The number of morpholine rings is 1. The van der Waals surface area contributed by atoms with Crippen LogP contribution in [0.2, 0.25) is 0 Å². The van der Waals surface area contributed by atoms with Gasteiger partial charge in [-0.15, -0.1) is 0 Å². The summed E-state index contributed by atoms with van der Waals surface area (Å²) in [5.74, 6) is 0.353. The summed E-state index contributed by atoms with van der Waals surface area (Å²) >= 11 is 0. The lowest BCUT2D eigenvalue weighted by molar-refractivity contribution is 0.0342. The summed E-state index contributed by atoms with van der Waals surface area (Å²) in [6.45, 7) is 8.94. The Labute approximate surface area is 128 Å². The summed E-state index contributed by atoms with van der Waals surface area (Å²) in [5, 5.41) is 9.97.